The van der Waals surface area contributed by atoms with E-state index in [1.54, 1.807) is 38.2 Å². The number of amides is 1. The Bertz CT molecular complexity index is 1200. The van der Waals surface area contributed by atoms with Gasteiger partial charge in [0, 0.05) is 25.0 Å². The molecule has 1 aromatic heterocycles. The van der Waals surface area contributed by atoms with Crippen LogP contribution < -0.4 is 0 Å². The highest BCUT2D eigenvalue weighted by Gasteiger charge is 2.28. The Morgan fingerprint density at radius 1 is 1.03 bits per heavy atom. The third-order valence-electron chi connectivity index (χ3n) is 7.15. The number of hydrogen-bond donors (Lipinski definition) is 2. The summed E-state index contributed by atoms with van der Waals surface area (Å²) in [5.41, 5.74) is 4.41. The average molecular weight is 478 g/mol. The van der Waals surface area contributed by atoms with Crippen molar-refractivity contribution in [1.82, 2.24) is 14.4 Å². The molecule has 7 nitrogen and oxygen atoms in total. The minimum atomic E-state index is -0.947. The van der Waals surface area contributed by atoms with Crippen LogP contribution in [0, 0.1) is 0 Å². The van der Waals surface area contributed by atoms with E-state index in [0.29, 0.717) is 5.92 Å². The van der Waals surface area contributed by atoms with Crippen LogP contribution in [-0.4, -0.2) is 70.4 Å². The van der Waals surface area contributed by atoms with Gasteiger partial charge in [-0.2, -0.15) is 0 Å². The van der Waals surface area contributed by atoms with Crippen LogP contribution >= 0.6 is 0 Å². The van der Waals surface area contributed by atoms with Crippen LogP contribution in [0.3, 0.4) is 0 Å². The van der Waals surface area contributed by atoms with Crippen LogP contribution in [0.5, 0.6) is 0 Å². The summed E-state index contributed by atoms with van der Waals surface area (Å²) in [5.74, 6) is -0.699. The molecule has 0 bridgehead atoms. The molecule has 186 valence electrons. The lowest BCUT2D eigenvalue weighted by Gasteiger charge is -2.27. The fraction of sp³-hybridized carbons (Fsp3) is 0.429. The summed E-state index contributed by atoms with van der Waals surface area (Å²) in [6.07, 6.45) is 4.77. The Hall–Kier alpha value is -3.16. The Morgan fingerprint density at radius 3 is 2.34 bits per heavy atom. The first kappa shape index (κ1) is 24.9. The van der Waals surface area contributed by atoms with Crippen molar-refractivity contribution >= 4 is 22.8 Å². The van der Waals surface area contributed by atoms with Crippen LogP contribution in [-0.2, 0) is 11.3 Å². The first-order chi connectivity index (χ1) is 16.8. The second kappa shape index (κ2) is 10.6. The van der Waals surface area contributed by atoms with Crippen molar-refractivity contribution in [3.8, 4) is 11.3 Å². The van der Waals surface area contributed by atoms with E-state index < -0.39 is 12.2 Å². The van der Waals surface area contributed by atoms with Crippen LogP contribution in [0.2, 0.25) is 0 Å². The second-order valence-electron chi connectivity index (χ2n) is 9.79. The lowest BCUT2D eigenvalue weighted by atomic mass is 9.81. The van der Waals surface area contributed by atoms with Crippen molar-refractivity contribution in [1.29, 1.82) is 0 Å². The summed E-state index contributed by atoms with van der Waals surface area (Å²) in [4.78, 5) is 27.2. The van der Waals surface area contributed by atoms with E-state index in [0.717, 1.165) is 47.8 Å². The molecule has 7 heteroatoms. The summed E-state index contributed by atoms with van der Waals surface area (Å²) in [7, 11) is 5.14. The Balaban J connectivity index is 1.88. The van der Waals surface area contributed by atoms with Crippen LogP contribution in [0.4, 0.5) is 0 Å². The topological polar surface area (TPSA) is 86.0 Å². The third-order valence-corrected chi connectivity index (χ3v) is 7.15. The lowest BCUT2D eigenvalue weighted by Crippen LogP contribution is -2.42. The van der Waals surface area contributed by atoms with Crippen molar-refractivity contribution in [3.63, 3.8) is 0 Å². The summed E-state index contributed by atoms with van der Waals surface area (Å²) in [6, 6.07) is 15.4. The van der Waals surface area contributed by atoms with Gasteiger partial charge >= 0.3 is 5.97 Å². The monoisotopic (exact) mass is 477 g/mol. The van der Waals surface area contributed by atoms with Crippen molar-refractivity contribution < 1.29 is 19.8 Å². The number of aromatic nitrogens is 1. The maximum absolute atomic E-state index is 12.2. The molecular formula is C28H35N3O4. The Labute approximate surface area is 206 Å². The Morgan fingerprint density at radius 2 is 1.71 bits per heavy atom. The first-order valence-corrected chi connectivity index (χ1v) is 12.3. The van der Waals surface area contributed by atoms with Crippen LogP contribution in [0.25, 0.3) is 22.2 Å². The zero-order valence-electron chi connectivity index (χ0n) is 20.8. The van der Waals surface area contributed by atoms with Crippen molar-refractivity contribution in [2.75, 3.05) is 27.7 Å². The first-order valence-electron chi connectivity index (χ1n) is 12.3. The number of fused-ring (bicyclic) bond motifs is 1. The van der Waals surface area contributed by atoms with E-state index in [2.05, 4.69) is 16.7 Å². The summed E-state index contributed by atoms with van der Waals surface area (Å²) < 4.78 is 2.11. The predicted molar refractivity (Wildman–Crippen MR) is 137 cm³/mol. The highest BCUT2D eigenvalue weighted by atomic mass is 16.4. The number of nitrogens with zero attached hydrogens (tertiary/aromatic N) is 3. The predicted octanol–water partition coefficient (Wildman–Crippen LogP) is 4.39. The zero-order chi connectivity index (χ0) is 25.1. The lowest BCUT2D eigenvalue weighted by molar-refractivity contribution is -0.132. The SMILES string of the molecule is CN(C)C(=O)CN(C)C(O)Cn1c(-c2ccccc2)c(C2CCCCC2)c2cc(C(=O)O)ccc21. The molecule has 1 amide bonds. The maximum atomic E-state index is 12.2. The summed E-state index contributed by atoms with van der Waals surface area (Å²) in [5, 5.41) is 21.8. The fourth-order valence-electron chi connectivity index (χ4n) is 5.18. The van der Waals surface area contributed by atoms with Crippen LogP contribution in [0.15, 0.2) is 48.5 Å². The number of carbonyl (C=O) groups excluding carboxylic acids is 1. The van der Waals surface area contributed by atoms with Gasteiger partial charge in [-0.3, -0.25) is 9.69 Å². The molecule has 1 fully saturated rings. The third kappa shape index (κ3) is 5.26. The van der Waals surface area contributed by atoms with Gasteiger partial charge in [-0.25, -0.2) is 4.79 Å². The number of carboxylic acid groups (broad SMARTS) is 1. The molecule has 1 saturated carbocycles. The molecule has 0 aliphatic heterocycles. The standard InChI is InChI=1S/C28H35N3O4/c1-29(2)24(32)17-30(3)25(33)18-31-23-15-14-21(28(34)35)16-22(23)26(19-10-6-4-7-11-19)27(31)20-12-8-5-9-13-20/h5,8-9,12-16,19,25,33H,4,6-7,10-11,17-18H2,1-3H3,(H,34,35). The quantitative estimate of drug-likeness (QED) is 0.470. The number of aromatic carboxylic acids is 1. The van der Waals surface area contributed by atoms with Crippen molar-refractivity contribution in [2.45, 2.75) is 50.8 Å². The van der Waals surface area contributed by atoms with Gasteiger partial charge < -0.3 is 19.7 Å². The smallest absolute Gasteiger partial charge is 0.335 e. The molecule has 2 aromatic carbocycles. The highest BCUT2D eigenvalue weighted by Crippen LogP contribution is 2.44. The van der Waals surface area contributed by atoms with Gasteiger partial charge in [0.15, 0.2) is 0 Å². The second-order valence-corrected chi connectivity index (χ2v) is 9.79. The van der Waals surface area contributed by atoms with Gasteiger partial charge in [0.25, 0.3) is 0 Å². The van der Waals surface area contributed by atoms with Gasteiger partial charge in [-0.1, -0.05) is 49.6 Å². The number of aliphatic hydroxyl groups is 1. The molecule has 1 atom stereocenters. The molecule has 4 rings (SSSR count). The maximum Gasteiger partial charge on any atom is 0.335 e. The number of aliphatic hydroxyl groups excluding tert-OH is 1. The normalized spacial score (nSPS) is 15.5. The van der Waals surface area contributed by atoms with E-state index in [-0.39, 0.29) is 24.6 Å². The molecular weight excluding hydrogens is 442 g/mol. The molecule has 0 radical (unpaired) electrons. The van der Waals surface area contributed by atoms with Gasteiger partial charge in [-0.15, -0.1) is 0 Å². The zero-order valence-corrected chi connectivity index (χ0v) is 20.8. The molecule has 35 heavy (non-hydrogen) atoms. The molecule has 3 aromatic rings. The van der Waals surface area contributed by atoms with E-state index in [1.165, 1.54) is 16.9 Å². The van der Waals surface area contributed by atoms with Gasteiger partial charge in [0.1, 0.15) is 6.23 Å². The minimum Gasteiger partial charge on any atom is -0.478 e. The molecule has 2 N–H and O–H groups in total. The van der Waals surface area contributed by atoms with Crippen molar-refractivity contribution in [3.05, 3.63) is 59.7 Å². The fourth-order valence-corrected chi connectivity index (χ4v) is 5.18. The number of hydrogen-bond acceptors (Lipinski definition) is 4. The molecule has 1 aliphatic rings. The van der Waals surface area contributed by atoms with Gasteiger partial charge in [-0.05, 0) is 55.1 Å². The van der Waals surface area contributed by atoms with Crippen LogP contribution in [0.1, 0.15) is 53.9 Å². The number of carbonyl (C=O) groups is 2. The largest absolute Gasteiger partial charge is 0.478 e. The average Bonchev–Trinajstić information content (AvgIpc) is 3.18. The molecule has 0 saturated heterocycles. The van der Waals surface area contributed by atoms with Gasteiger partial charge in [0.05, 0.1) is 24.3 Å². The minimum absolute atomic E-state index is 0.0822. The number of carboxylic acids is 1. The van der Waals surface area contributed by atoms with E-state index in [4.69, 9.17) is 0 Å². The van der Waals surface area contributed by atoms with Gasteiger partial charge in [0.2, 0.25) is 5.91 Å². The summed E-state index contributed by atoms with van der Waals surface area (Å²) in [6.45, 7) is 0.365. The molecule has 0 spiro atoms. The van der Waals surface area contributed by atoms with E-state index >= 15 is 0 Å². The number of rotatable bonds is 8. The van der Waals surface area contributed by atoms with Crippen molar-refractivity contribution in [2.24, 2.45) is 0 Å². The highest BCUT2D eigenvalue weighted by molar-refractivity contribution is 5.98. The molecule has 1 aliphatic carbocycles. The summed E-state index contributed by atoms with van der Waals surface area (Å²) >= 11 is 0. The molecule has 1 heterocycles. The van der Waals surface area contributed by atoms with E-state index in [1.807, 2.05) is 24.3 Å². The van der Waals surface area contributed by atoms with E-state index in [9.17, 15) is 19.8 Å². The Kier molecular flexibility index (Phi) is 7.57. The molecule has 1 unspecified atom stereocenters. The number of likely N-dealkylation sites (N-methyl/N-ethyl adjacent to an activating group) is 2. The number of benzene rings is 2.